The predicted octanol–water partition coefficient (Wildman–Crippen LogP) is 2.10. The van der Waals surface area contributed by atoms with Crippen LogP contribution < -0.4 is 9.47 Å². The molecule has 0 heterocycles. The maximum Gasteiger partial charge on any atom is 0.164 e. The lowest BCUT2D eigenvalue weighted by Crippen LogP contribution is -2.01. The molecule has 0 aliphatic heterocycles. The Labute approximate surface area is 89.1 Å². The minimum Gasteiger partial charge on any atom is -0.493 e. The Morgan fingerprint density at radius 1 is 1.33 bits per heavy atom. The van der Waals surface area contributed by atoms with Crippen LogP contribution in [0.5, 0.6) is 11.5 Å². The largest absolute Gasteiger partial charge is 0.493 e. The molecule has 0 unspecified atom stereocenters. The molecule has 0 aliphatic carbocycles. The number of para-hydroxylation sites is 1. The third-order valence-electron chi connectivity index (χ3n) is 2.10. The molecule has 4 heteroatoms. The summed E-state index contributed by atoms with van der Waals surface area (Å²) in [4.78, 5) is 0. The summed E-state index contributed by atoms with van der Waals surface area (Å²) >= 11 is 0. The van der Waals surface area contributed by atoms with E-state index in [2.05, 4.69) is 5.16 Å². The highest BCUT2D eigenvalue weighted by atomic mass is 16.5. The first-order valence-corrected chi connectivity index (χ1v) is 4.60. The zero-order valence-corrected chi connectivity index (χ0v) is 9.15. The average molecular weight is 209 g/mol. The predicted molar refractivity (Wildman–Crippen MR) is 58.1 cm³/mol. The second kappa shape index (κ2) is 5.24. The second-order valence-corrected chi connectivity index (χ2v) is 3.16. The molecule has 1 rings (SSSR count). The molecule has 1 N–H and O–H groups in total. The first-order chi connectivity index (χ1) is 7.22. The van der Waals surface area contributed by atoms with Crippen molar-refractivity contribution in [3.8, 4) is 11.5 Å². The molecule has 0 bridgehead atoms. The molecule has 0 saturated carbocycles. The number of rotatable bonds is 4. The molecule has 0 fully saturated rings. The van der Waals surface area contributed by atoms with Crippen molar-refractivity contribution < 1.29 is 14.7 Å². The van der Waals surface area contributed by atoms with Crippen molar-refractivity contribution in [2.45, 2.75) is 13.3 Å². The van der Waals surface area contributed by atoms with Crippen molar-refractivity contribution >= 4 is 5.71 Å². The third-order valence-corrected chi connectivity index (χ3v) is 2.10. The lowest BCUT2D eigenvalue weighted by Gasteiger charge is -2.11. The molecule has 0 spiro atoms. The number of methoxy groups -OCH3 is 2. The van der Waals surface area contributed by atoms with E-state index in [-0.39, 0.29) is 0 Å². The van der Waals surface area contributed by atoms with Gasteiger partial charge < -0.3 is 14.7 Å². The summed E-state index contributed by atoms with van der Waals surface area (Å²) in [5.41, 5.74) is 1.56. The smallest absolute Gasteiger partial charge is 0.164 e. The topological polar surface area (TPSA) is 51.0 Å². The summed E-state index contributed by atoms with van der Waals surface area (Å²) in [6, 6.07) is 5.62. The fourth-order valence-electron chi connectivity index (χ4n) is 1.40. The minimum atomic E-state index is 0.539. The Bertz CT molecular complexity index is 361. The normalized spacial score (nSPS) is 11.3. The van der Waals surface area contributed by atoms with Crippen LogP contribution in [0.25, 0.3) is 0 Å². The molecule has 0 aromatic heterocycles. The maximum atomic E-state index is 8.60. The zero-order chi connectivity index (χ0) is 11.3. The van der Waals surface area contributed by atoms with Gasteiger partial charge in [-0.2, -0.15) is 0 Å². The van der Waals surface area contributed by atoms with Gasteiger partial charge in [-0.15, -0.1) is 0 Å². The van der Waals surface area contributed by atoms with Crippen LogP contribution >= 0.6 is 0 Å². The SMILES string of the molecule is COc1cccc(C/C(C)=N/O)c1OC. The summed E-state index contributed by atoms with van der Waals surface area (Å²) in [6.07, 6.45) is 0.539. The van der Waals surface area contributed by atoms with Crippen LogP contribution in [0.4, 0.5) is 0 Å². The van der Waals surface area contributed by atoms with E-state index >= 15 is 0 Å². The Hall–Kier alpha value is -1.71. The molecular formula is C11H15NO3. The molecule has 0 aliphatic rings. The summed E-state index contributed by atoms with van der Waals surface area (Å²) < 4.78 is 10.4. The van der Waals surface area contributed by atoms with Crippen molar-refractivity contribution in [3.05, 3.63) is 23.8 Å². The Kier molecular flexibility index (Phi) is 3.97. The van der Waals surface area contributed by atoms with Crippen molar-refractivity contribution in [1.29, 1.82) is 0 Å². The fourth-order valence-corrected chi connectivity index (χ4v) is 1.40. The van der Waals surface area contributed by atoms with Crippen LogP contribution in [0.2, 0.25) is 0 Å². The Morgan fingerprint density at radius 2 is 2.07 bits per heavy atom. The van der Waals surface area contributed by atoms with Crippen molar-refractivity contribution in [1.82, 2.24) is 0 Å². The monoisotopic (exact) mass is 209 g/mol. The van der Waals surface area contributed by atoms with Gasteiger partial charge in [0.1, 0.15) is 0 Å². The van der Waals surface area contributed by atoms with E-state index in [1.54, 1.807) is 21.1 Å². The number of ether oxygens (including phenoxy) is 2. The van der Waals surface area contributed by atoms with E-state index in [9.17, 15) is 0 Å². The molecular weight excluding hydrogens is 194 g/mol. The maximum absolute atomic E-state index is 8.60. The van der Waals surface area contributed by atoms with Gasteiger partial charge in [0.15, 0.2) is 11.5 Å². The summed E-state index contributed by atoms with van der Waals surface area (Å²) in [6.45, 7) is 1.75. The molecule has 0 radical (unpaired) electrons. The second-order valence-electron chi connectivity index (χ2n) is 3.16. The summed E-state index contributed by atoms with van der Waals surface area (Å²) in [5.74, 6) is 1.36. The molecule has 0 amide bonds. The number of hydrogen-bond donors (Lipinski definition) is 1. The average Bonchev–Trinajstić information content (AvgIpc) is 2.28. The first kappa shape index (κ1) is 11.4. The molecule has 4 nitrogen and oxygen atoms in total. The van der Waals surface area contributed by atoms with E-state index in [0.717, 1.165) is 5.56 Å². The van der Waals surface area contributed by atoms with E-state index in [0.29, 0.717) is 23.6 Å². The van der Waals surface area contributed by atoms with Crippen LogP contribution in [-0.4, -0.2) is 25.1 Å². The van der Waals surface area contributed by atoms with Crippen LogP contribution in [0.1, 0.15) is 12.5 Å². The van der Waals surface area contributed by atoms with Crippen LogP contribution in [-0.2, 0) is 6.42 Å². The van der Waals surface area contributed by atoms with Crippen LogP contribution in [0, 0.1) is 0 Å². The van der Waals surface area contributed by atoms with Crippen molar-refractivity contribution in [2.24, 2.45) is 5.16 Å². The molecule has 1 aromatic rings. The third kappa shape index (κ3) is 2.62. The van der Waals surface area contributed by atoms with Crippen LogP contribution in [0.15, 0.2) is 23.4 Å². The number of hydrogen-bond acceptors (Lipinski definition) is 4. The Balaban J connectivity index is 3.06. The van der Waals surface area contributed by atoms with E-state index < -0.39 is 0 Å². The molecule has 0 saturated heterocycles. The van der Waals surface area contributed by atoms with Gasteiger partial charge in [-0.3, -0.25) is 0 Å². The minimum absolute atomic E-state index is 0.539. The number of oxime groups is 1. The molecule has 1 aromatic carbocycles. The summed E-state index contributed by atoms with van der Waals surface area (Å²) in [5, 5.41) is 11.7. The van der Waals surface area contributed by atoms with Gasteiger partial charge in [0.2, 0.25) is 0 Å². The highest BCUT2D eigenvalue weighted by Gasteiger charge is 2.09. The van der Waals surface area contributed by atoms with Gasteiger partial charge in [0.05, 0.1) is 19.9 Å². The molecule has 82 valence electrons. The van der Waals surface area contributed by atoms with Gasteiger partial charge in [-0.1, -0.05) is 17.3 Å². The van der Waals surface area contributed by atoms with E-state index in [4.69, 9.17) is 14.7 Å². The van der Waals surface area contributed by atoms with Gasteiger partial charge in [0, 0.05) is 12.0 Å². The highest BCUT2D eigenvalue weighted by Crippen LogP contribution is 2.30. The number of benzene rings is 1. The first-order valence-electron chi connectivity index (χ1n) is 4.60. The lowest BCUT2D eigenvalue weighted by molar-refractivity contribution is 0.317. The number of nitrogens with zero attached hydrogens (tertiary/aromatic N) is 1. The van der Waals surface area contributed by atoms with Gasteiger partial charge in [0.25, 0.3) is 0 Å². The quantitative estimate of drug-likeness (QED) is 0.469. The highest BCUT2D eigenvalue weighted by molar-refractivity contribution is 5.84. The molecule has 0 atom stereocenters. The summed E-state index contributed by atoms with van der Waals surface area (Å²) in [7, 11) is 3.18. The lowest BCUT2D eigenvalue weighted by atomic mass is 10.1. The van der Waals surface area contributed by atoms with Gasteiger partial charge in [-0.05, 0) is 13.0 Å². The molecule has 15 heavy (non-hydrogen) atoms. The van der Waals surface area contributed by atoms with Gasteiger partial charge >= 0.3 is 0 Å². The van der Waals surface area contributed by atoms with Crippen LogP contribution in [0.3, 0.4) is 0 Å². The van der Waals surface area contributed by atoms with Crippen molar-refractivity contribution in [3.63, 3.8) is 0 Å². The zero-order valence-electron chi connectivity index (χ0n) is 9.15. The standard InChI is InChI=1S/C11H15NO3/c1-8(12-13)7-9-5-4-6-10(14-2)11(9)15-3/h4-6,13H,7H2,1-3H3/b12-8+. The van der Waals surface area contributed by atoms with Crippen molar-refractivity contribution in [2.75, 3.05) is 14.2 Å². The van der Waals surface area contributed by atoms with E-state index in [1.165, 1.54) is 0 Å². The Morgan fingerprint density at radius 3 is 2.60 bits per heavy atom. The van der Waals surface area contributed by atoms with Gasteiger partial charge in [-0.25, -0.2) is 0 Å². The fraction of sp³-hybridized carbons (Fsp3) is 0.364. The van der Waals surface area contributed by atoms with E-state index in [1.807, 2.05) is 18.2 Å².